The van der Waals surface area contributed by atoms with Crippen molar-refractivity contribution in [3.63, 3.8) is 0 Å². The van der Waals surface area contributed by atoms with Crippen LogP contribution in [0.5, 0.6) is 0 Å². The van der Waals surface area contributed by atoms with Gasteiger partial charge in [0.05, 0.1) is 0 Å². The molecular weight excluding hydrogens is 114 g/mol. The molecule has 0 amide bonds. The second kappa shape index (κ2) is 4.18. The lowest BCUT2D eigenvalue weighted by Gasteiger charge is -2.10. The van der Waals surface area contributed by atoms with Gasteiger partial charge in [-0.25, -0.2) is 0 Å². The molecule has 0 radical (unpaired) electrons. The fourth-order valence-electron chi connectivity index (χ4n) is 0.771. The molecule has 0 aliphatic rings. The monoisotopic (exact) mass is 129 g/mol. The van der Waals surface area contributed by atoms with E-state index in [-0.39, 0.29) is 5.96 Å². The summed E-state index contributed by atoms with van der Waals surface area (Å²) < 4.78 is 0. The molecule has 3 heteroatoms. The molecule has 1 unspecified atom stereocenters. The van der Waals surface area contributed by atoms with Crippen LogP contribution < -0.4 is 11.1 Å². The lowest BCUT2D eigenvalue weighted by atomic mass is 10.2. The highest BCUT2D eigenvalue weighted by molar-refractivity contribution is 5.74. The second-order valence-electron chi connectivity index (χ2n) is 2.25. The van der Waals surface area contributed by atoms with Crippen LogP contribution >= 0.6 is 0 Å². The zero-order valence-electron chi connectivity index (χ0n) is 6.07. The average molecular weight is 129 g/mol. The molecule has 0 aliphatic carbocycles. The second-order valence-corrected chi connectivity index (χ2v) is 2.25. The van der Waals surface area contributed by atoms with Crippen LogP contribution in [0.15, 0.2) is 0 Å². The van der Waals surface area contributed by atoms with Crippen LogP contribution in [0, 0.1) is 5.41 Å². The first kappa shape index (κ1) is 8.27. The predicted octanol–water partition coefficient (Wildman–Crippen LogP) is 0.658. The highest BCUT2D eigenvalue weighted by Gasteiger charge is 1.97. The Morgan fingerprint density at radius 3 is 2.67 bits per heavy atom. The van der Waals surface area contributed by atoms with Crippen LogP contribution in [0.4, 0.5) is 0 Å². The molecule has 0 saturated heterocycles. The molecule has 0 rings (SSSR count). The zero-order chi connectivity index (χ0) is 7.28. The quantitative estimate of drug-likeness (QED) is 0.387. The van der Waals surface area contributed by atoms with Gasteiger partial charge in [-0.1, -0.05) is 13.3 Å². The van der Waals surface area contributed by atoms with E-state index in [9.17, 15) is 0 Å². The topological polar surface area (TPSA) is 61.9 Å². The highest BCUT2D eigenvalue weighted by atomic mass is 15.1. The van der Waals surface area contributed by atoms with Crippen molar-refractivity contribution in [2.75, 3.05) is 0 Å². The molecule has 0 saturated carbocycles. The van der Waals surface area contributed by atoms with E-state index in [1.165, 1.54) is 0 Å². The van der Waals surface area contributed by atoms with Crippen LogP contribution in [-0.2, 0) is 0 Å². The Hall–Kier alpha value is -0.730. The summed E-state index contributed by atoms with van der Waals surface area (Å²) in [5.74, 6) is 0.0657. The molecule has 0 fully saturated rings. The van der Waals surface area contributed by atoms with Gasteiger partial charge >= 0.3 is 0 Å². The molecule has 0 bridgehead atoms. The smallest absolute Gasteiger partial charge is 0.185 e. The summed E-state index contributed by atoms with van der Waals surface area (Å²) in [6.07, 6.45) is 2.20. The molecule has 3 nitrogen and oxygen atoms in total. The van der Waals surface area contributed by atoms with E-state index in [1.807, 2.05) is 6.92 Å². The SMILES string of the molecule is CCCC(C)NC(=N)N. The Morgan fingerprint density at radius 2 is 2.33 bits per heavy atom. The number of nitrogens with two attached hydrogens (primary N) is 1. The Labute approximate surface area is 56.1 Å². The van der Waals surface area contributed by atoms with Crippen molar-refractivity contribution in [2.45, 2.75) is 32.7 Å². The summed E-state index contributed by atoms with van der Waals surface area (Å²) >= 11 is 0. The molecular formula is C6H15N3. The van der Waals surface area contributed by atoms with Gasteiger partial charge in [0, 0.05) is 6.04 Å². The predicted molar refractivity (Wildman–Crippen MR) is 39.4 cm³/mol. The van der Waals surface area contributed by atoms with E-state index in [1.54, 1.807) is 0 Å². The first-order valence-electron chi connectivity index (χ1n) is 3.27. The number of hydrogen-bond acceptors (Lipinski definition) is 1. The number of nitrogens with one attached hydrogen (secondary N) is 2. The maximum absolute atomic E-state index is 6.87. The van der Waals surface area contributed by atoms with Gasteiger partial charge in [0.15, 0.2) is 5.96 Å². The van der Waals surface area contributed by atoms with Crippen molar-refractivity contribution in [3.05, 3.63) is 0 Å². The molecule has 1 atom stereocenters. The molecule has 9 heavy (non-hydrogen) atoms. The standard InChI is InChI=1S/C6H15N3/c1-3-4-5(2)9-6(7)8/h5H,3-4H2,1-2H3,(H4,7,8,9). The maximum atomic E-state index is 6.87. The Bertz CT molecular complexity index is 90.3. The number of hydrogen-bond donors (Lipinski definition) is 3. The van der Waals surface area contributed by atoms with E-state index in [0.29, 0.717) is 6.04 Å². The highest BCUT2D eigenvalue weighted by Crippen LogP contribution is 1.92. The van der Waals surface area contributed by atoms with E-state index in [0.717, 1.165) is 12.8 Å². The molecule has 0 heterocycles. The zero-order valence-corrected chi connectivity index (χ0v) is 6.07. The fraction of sp³-hybridized carbons (Fsp3) is 0.833. The van der Waals surface area contributed by atoms with Crippen LogP contribution in [0.25, 0.3) is 0 Å². The molecule has 0 aromatic heterocycles. The van der Waals surface area contributed by atoms with Gasteiger partial charge in [0.25, 0.3) is 0 Å². The molecule has 0 aromatic carbocycles. The Kier molecular flexibility index (Phi) is 3.84. The van der Waals surface area contributed by atoms with Crippen molar-refractivity contribution in [3.8, 4) is 0 Å². The van der Waals surface area contributed by atoms with E-state index in [2.05, 4.69) is 12.2 Å². The minimum atomic E-state index is 0.0657. The average Bonchev–Trinajstić information content (AvgIpc) is 1.63. The first-order valence-corrected chi connectivity index (χ1v) is 3.27. The molecule has 0 spiro atoms. The normalized spacial score (nSPS) is 12.7. The van der Waals surface area contributed by atoms with E-state index >= 15 is 0 Å². The van der Waals surface area contributed by atoms with Crippen LogP contribution in [0.2, 0.25) is 0 Å². The Morgan fingerprint density at radius 1 is 1.78 bits per heavy atom. The van der Waals surface area contributed by atoms with Crippen molar-refractivity contribution >= 4 is 5.96 Å². The van der Waals surface area contributed by atoms with Gasteiger partial charge in [0.2, 0.25) is 0 Å². The molecule has 4 N–H and O–H groups in total. The number of rotatable bonds is 3. The largest absolute Gasteiger partial charge is 0.370 e. The van der Waals surface area contributed by atoms with Gasteiger partial charge < -0.3 is 11.1 Å². The van der Waals surface area contributed by atoms with Crippen molar-refractivity contribution < 1.29 is 0 Å². The van der Waals surface area contributed by atoms with Gasteiger partial charge in [0.1, 0.15) is 0 Å². The fourth-order valence-corrected chi connectivity index (χ4v) is 0.771. The van der Waals surface area contributed by atoms with Crippen LogP contribution in [0.3, 0.4) is 0 Å². The van der Waals surface area contributed by atoms with Gasteiger partial charge in [-0.15, -0.1) is 0 Å². The maximum Gasteiger partial charge on any atom is 0.185 e. The molecule has 0 aromatic rings. The third-order valence-corrected chi connectivity index (χ3v) is 1.12. The molecule has 54 valence electrons. The minimum absolute atomic E-state index is 0.0657. The van der Waals surface area contributed by atoms with Gasteiger partial charge in [-0.2, -0.15) is 0 Å². The van der Waals surface area contributed by atoms with Crippen molar-refractivity contribution in [2.24, 2.45) is 5.73 Å². The summed E-state index contributed by atoms with van der Waals surface area (Å²) in [6.45, 7) is 4.13. The van der Waals surface area contributed by atoms with E-state index < -0.39 is 0 Å². The van der Waals surface area contributed by atoms with Gasteiger partial charge in [-0.05, 0) is 13.3 Å². The van der Waals surface area contributed by atoms with Crippen LogP contribution in [0.1, 0.15) is 26.7 Å². The summed E-state index contributed by atoms with van der Waals surface area (Å²) in [6, 6.07) is 0.340. The van der Waals surface area contributed by atoms with Gasteiger partial charge in [-0.3, -0.25) is 5.41 Å². The van der Waals surface area contributed by atoms with Crippen LogP contribution in [-0.4, -0.2) is 12.0 Å². The number of guanidine groups is 1. The van der Waals surface area contributed by atoms with Crippen molar-refractivity contribution in [1.29, 1.82) is 5.41 Å². The lowest BCUT2D eigenvalue weighted by molar-refractivity contribution is 0.593. The van der Waals surface area contributed by atoms with E-state index in [4.69, 9.17) is 11.1 Å². The van der Waals surface area contributed by atoms with Crippen molar-refractivity contribution in [1.82, 2.24) is 5.32 Å². The summed E-state index contributed by atoms with van der Waals surface area (Å²) in [5, 5.41) is 9.67. The first-order chi connectivity index (χ1) is 4.16. The molecule has 0 aliphatic heterocycles. The third-order valence-electron chi connectivity index (χ3n) is 1.12. The Balaban J connectivity index is 3.26. The summed E-state index contributed by atoms with van der Waals surface area (Å²) in [5.41, 5.74) is 5.10. The third kappa shape index (κ3) is 5.14. The lowest BCUT2D eigenvalue weighted by Crippen LogP contribution is -2.37. The summed E-state index contributed by atoms with van der Waals surface area (Å²) in [7, 11) is 0. The minimum Gasteiger partial charge on any atom is -0.370 e. The summed E-state index contributed by atoms with van der Waals surface area (Å²) in [4.78, 5) is 0.